The number of carbonyl (C=O) groups excluding carboxylic acids is 1. The van der Waals surface area contributed by atoms with Crippen LogP contribution in [0.2, 0.25) is 0 Å². The zero-order chi connectivity index (χ0) is 29.5. The smallest absolute Gasteiger partial charge is 0.245 e. The summed E-state index contributed by atoms with van der Waals surface area (Å²) in [4.78, 5) is 20.6. The molecule has 1 fully saturated rings. The number of ether oxygens (including phenoxy) is 1. The number of aromatic amines is 1. The van der Waals surface area contributed by atoms with E-state index in [0.29, 0.717) is 31.6 Å². The number of amides is 1. The van der Waals surface area contributed by atoms with Crippen LogP contribution in [0.25, 0.3) is 10.9 Å². The molecule has 41 heavy (non-hydrogen) atoms. The van der Waals surface area contributed by atoms with Gasteiger partial charge in [0.25, 0.3) is 0 Å². The maximum atomic E-state index is 15.9. The van der Waals surface area contributed by atoms with Gasteiger partial charge in [0.15, 0.2) is 0 Å². The second kappa shape index (κ2) is 11.5. The Morgan fingerprint density at radius 2 is 1.90 bits per heavy atom. The number of hydrogen-bond donors (Lipinski definition) is 1. The van der Waals surface area contributed by atoms with Gasteiger partial charge in [-0.2, -0.15) is 0 Å². The normalized spacial score (nSPS) is 22.0. The first-order valence-electron chi connectivity index (χ1n) is 14.2. The highest BCUT2D eigenvalue weighted by Gasteiger charge is 2.41. The highest BCUT2D eigenvalue weighted by atomic mass is 19.1. The van der Waals surface area contributed by atoms with Crippen molar-refractivity contribution in [1.29, 1.82) is 0 Å². The zero-order valence-corrected chi connectivity index (χ0v) is 24.4. The number of halogens is 3. The van der Waals surface area contributed by atoms with Crippen molar-refractivity contribution in [3.63, 3.8) is 0 Å². The molecule has 1 saturated heterocycles. The third-order valence-corrected chi connectivity index (χ3v) is 8.00. The molecule has 2 aliphatic heterocycles. The summed E-state index contributed by atoms with van der Waals surface area (Å²) in [7, 11) is 3.40. The highest BCUT2D eigenvalue weighted by molar-refractivity contribution is 5.87. The summed E-state index contributed by atoms with van der Waals surface area (Å²) in [6, 6.07) is 9.37. The van der Waals surface area contributed by atoms with Crippen molar-refractivity contribution in [3.05, 3.63) is 77.0 Å². The number of carbonyl (C=O) groups is 1. The predicted octanol–water partition coefficient (Wildman–Crippen LogP) is 5.63. The molecule has 9 heteroatoms. The third kappa shape index (κ3) is 6.31. The fraction of sp³-hybridized carbons (Fsp3) is 0.469. The Bertz CT molecular complexity index is 1420. The van der Waals surface area contributed by atoms with Crippen molar-refractivity contribution in [2.24, 2.45) is 0 Å². The number of likely N-dealkylation sites (N-methyl/N-ethyl adjacent to an activating group) is 1. The van der Waals surface area contributed by atoms with Gasteiger partial charge in [0.05, 0.1) is 6.04 Å². The van der Waals surface area contributed by atoms with Gasteiger partial charge in [-0.3, -0.25) is 14.6 Å². The molecule has 3 atom stereocenters. The van der Waals surface area contributed by atoms with Crippen LogP contribution >= 0.6 is 0 Å². The summed E-state index contributed by atoms with van der Waals surface area (Å²) in [5.41, 5.74) is 0.938. The van der Waals surface area contributed by atoms with Gasteiger partial charge in [-0.1, -0.05) is 24.3 Å². The lowest BCUT2D eigenvalue weighted by Crippen LogP contribution is -2.48. The summed E-state index contributed by atoms with van der Waals surface area (Å²) in [5.74, 6) is -1.38. The maximum absolute atomic E-state index is 15.9. The molecule has 0 unspecified atom stereocenters. The number of alkyl halides is 1. The van der Waals surface area contributed by atoms with E-state index in [9.17, 15) is 4.79 Å². The quantitative estimate of drug-likeness (QED) is 0.358. The molecule has 0 aliphatic carbocycles. The lowest BCUT2D eigenvalue weighted by Gasteiger charge is -2.43. The van der Waals surface area contributed by atoms with E-state index in [1.165, 1.54) is 37.0 Å². The van der Waals surface area contributed by atoms with E-state index in [2.05, 4.69) is 9.88 Å². The molecule has 1 amide bonds. The molecule has 2 aliphatic rings. The molecule has 3 aromatic rings. The summed E-state index contributed by atoms with van der Waals surface area (Å²) in [6.07, 6.45) is 4.48. The van der Waals surface area contributed by atoms with Crippen LogP contribution in [0, 0.1) is 11.6 Å². The first kappa shape index (κ1) is 29.2. The van der Waals surface area contributed by atoms with Crippen LogP contribution < -0.4 is 4.74 Å². The van der Waals surface area contributed by atoms with Gasteiger partial charge < -0.3 is 14.6 Å². The molecule has 1 aromatic heterocycles. The van der Waals surface area contributed by atoms with E-state index in [0.717, 1.165) is 23.0 Å². The monoisotopic (exact) mass is 568 g/mol. The van der Waals surface area contributed by atoms with Crippen molar-refractivity contribution in [1.82, 2.24) is 19.7 Å². The van der Waals surface area contributed by atoms with Crippen LogP contribution in [-0.4, -0.2) is 83.7 Å². The maximum Gasteiger partial charge on any atom is 0.245 e. The largest absolute Gasteiger partial charge is 0.489 e. The highest BCUT2D eigenvalue weighted by Crippen LogP contribution is 2.43. The number of nitrogens with one attached hydrogen (secondary N) is 1. The Morgan fingerprint density at radius 1 is 1.20 bits per heavy atom. The van der Waals surface area contributed by atoms with E-state index in [1.54, 1.807) is 14.1 Å². The van der Waals surface area contributed by atoms with Gasteiger partial charge in [0.2, 0.25) is 5.91 Å². The van der Waals surface area contributed by atoms with Crippen LogP contribution in [0.15, 0.2) is 48.6 Å². The predicted molar refractivity (Wildman–Crippen MR) is 155 cm³/mol. The molecule has 2 aromatic carbocycles. The molecule has 220 valence electrons. The standard InChI is InChI=1S/C32H39F3N4O2/c1-20-15-24-23-9-6-7-10-27(23)36-30(24)31(39(20)19-32(2,3)35)29-25(33)16-22(17-26(29)34)41-21-12-14-38(18-21)13-8-11-28(40)37(4)5/h6-11,16-17,20-21,31,36H,12-15,18-19H2,1-5H3/b11-8+/t20-,21-,31-/m1/s1. The molecule has 5 rings (SSSR count). The minimum atomic E-state index is -1.56. The minimum absolute atomic E-state index is 0.0251. The number of benzene rings is 2. The summed E-state index contributed by atoms with van der Waals surface area (Å²) in [5, 5.41) is 1.02. The molecular formula is C32H39F3N4O2. The number of aromatic nitrogens is 1. The number of para-hydroxylation sites is 1. The molecule has 0 spiro atoms. The Labute approximate surface area is 239 Å². The fourth-order valence-electron chi connectivity index (χ4n) is 6.09. The number of likely N-dealkylation sites (tertiary alicyclic amines) is 1. The Hall–Kier alpha value is -3.30. The second-order valence-corrected chi connectivity index (χ2v) is 12.1. The lowest BCUT2D eigenvalue weighted by atomic mass is 9.87. The third-order valence-electron chi connectivity index (χ3n) is 8.00. The van der Waals surface area contributed by atoms with Gasteiger partial charge in [0, 0.05) is 86.7 Å². The van der Waals surface area contributed by atoms with Crippen LogP contribution in [0.1, 0.15) is 50.1 Å². The molecular weight excluding hydrogens is 529 g/mol. The van der Waals surface area contributed by atoms with Crippen LogP contribution in [0.3, 0.4) is 0 Å². The van der Waals surface area contributed by atoms with Gasteiger partial charge >= 0.3 is 0 Å². The number of fused-ring (bicyclic) bond motifs is 3. The fourth-order valence-corrected chi connectivity index (χ4v) is 6.09. The molecule has 0 radical (unpaired) electrons. The number of nitrogens with zero attached hydrogens (tertiary/aromatic N) is 3. The lowest BCUT2D eigenvalue weighted by molar-refractivity contribution is -0.123. The van der Waals surface area contributed by atoms with E-state index in [-0.39, 0.29) is 35.9 Å². The Kier molecular flexibility index (Phi) is 8.21. The van der Waals surface area contributed by atoms with Crippen molar-refractivity contribution in [2.75, 3.05) is 40.3 Å². The van der Waals surface area contributed by atoms with Crippen LogP contribution in [0.5, 0.6) is 5.75 Å². The zero-order valence-electron chi connectivity index (χ0n) is 24.4. The molecule has 3 heterocycles. The van der Waals surface area contributed by atoms with E-state index in [4.69, 9.17) is 4.74 Å². The minimum Gasteiger partial charge on any atom is -0.489 e. The van der Waals surface area contributed by atoms with E-state index >= 15 is 13.2 Å². The molecule has 0 bridgehead atoms. The second-order valence-electron chi connectivity index (χ2n) is 12.1. The van der Waals surface area contributed by atoms with E-state index < -0.39 is 23.3 Å². The molecule has 0 saturated carbocycles. The number of H-pyrrole nitrogens is 1. The van der Waals surface area contributed by atoms with E-state index in [1.807, 2.05) is 42.2 Å². The van der Waals surface area contributed by atoms with Crippen molar-refractivity contribution in [2.45, 2.75) is 57.5 Å². The average molecular weight is 569 g/mol. The van der Waals surface area contributed by atoms with Gasteiger partial charge in [-0.15, -0.1) is 0 Å². The topological polar surface area (TPSA) is 51.8 Å². The molecule has 1 N–H and O–H groups in total. The van der Waals surface area contributed by atoms with Crippen molar-refractivity contribution in [3.8, 4) is 5.75 Å². The van der Waals surface area contributed by atoms with Crippen molar-refractivity contribution >= 4 is 16.8 Å². The Morgan fingerprint density at radius 3 is 2.59 bits per heavy atom. The Balaban J connectivity index is 1.40. The SMILES string of the molecule is C[C@@H]1Cc2c([nH]c3ccccc23)[C@@H](c2c(F)cc(O[C@@H]3CCN(C/C=C/C(=O)N(C)C)C3)cc2F)N1CC(C)(C)F. The number of hydrogen-bond acceptors (Lipinski definition) is 4. The average Bonchev–Trinajstić information content (AvgIpc) is 3.48. The summed E-state index contributed by atoms with van der Waals surface area (Å²) in [6.45, 7) is 6.92. The van der Waals surface area contributed by atoms with Gasteiger partial charge in [-0.05, 0) is 45.2 Å². The first-order chi connectivity index (χ1) is 19.4. The van der Waals surface area contributed by atoms with Crippen LogP contribution in [0.4, 0.5) is 13.2 Å². The first-order valence-corrected chi connectivity index (χ1v) is 14.2. The van der Waals surface area contributed by atoms with Gasteiger partial charge in [0.1, 0.15) is 29.2 Å². The van der Waals surface area contributed by atoms with Gasteiger partial charge in [-0.25, -0.2) is 13.2 Å². The molecule has 6 nitrogen and oxygen atoms in total. The van der Waals surface area contributed by atoms with Crippen molar-refractivity contribution < 1.29 is 22.7 Å². The van der Waals surface area contributed by atoms with Crippen LogP contribution in [-0.2, 0) is 11.2 Å². The summed E-state index contributed by atoms with van der Waals surface area (Å²) >= 11 is 0. The number of rotatable bonds is 8. The summed E-state index contributed by atoms with van der Waals surface area (Å²) < 4.78 is 52.9.